The van der Waals surface area contributed by atoms with Gasteiger partial charge >= 0.3 is 5.97 Å². The van der Waals surface area contributed by atoms with Crippen LogP contribution in [0.4, 0.5) is 0 Å². The third-order valence-corrected chi connectivity index (χ3v) is 5.16. The standard InChI is InChI=1S/C18H14N2O5S/c1-20-12-7-13-14(25-9-24-13)8-15(12)26-18(20)19-16(21)10-5-3-4-6-11(10)17(22)23-2/h3-8H,9H2,1-2H3. The Hall–Kier alpha value is -3.13. The normalized spacial score (nSPS) is 13.2. The van der Waals surface area contributed by atoms with E-state index in [0.717, 1.165) is 10.2 Å². The average Bonchev–Trinajstić information content (AvgIpc) is 3.23. The molecule has 1 amide bonds. The van der Waals surface area contributed by atoms with Crippen LogP contribution in [0.25, 0.3) is 10.2 Å². The number of esters is 1. The van der Waals surface area contributed by atoms with Gasteiger partial charge in [0.15, 0.2) is 16.3 Å². The molecule has 132 valence electrons. The molecule has 0 aliphatic carbocycles. The molecule has 2 heterocycles. The van der Waals surface area contributed by atoms with Gasteiger partial charge in [0.05, 0.1) is 28.5 Å². The van der Waals surface area contributed by atoms with Gasteiger partial charge < -0.3 is 18.8 Å². The second kappa shape index (κ2) is 6.30. The Labute approximate surface area is 152 Å². The molecular weight excluding hydrogens is 356 g/mol. The summed E-state index contributed by atoms with van der Waals surface area (Å²) in [5.74, 6) is 0.261. The van der Waals surface area contributed by atoms with Gasteiger partial charge in [0, 0.05) is 19.2 Å². The van der Waals surface area contributed by atoms with Crippen LogP contribution in [0, 0.1) is 0 Å². The minimum Gasteiger partial charge on any atom is -0.465 e. The van der Waals surface area contributed by atoms with E-state index in [0.29, 0.717) is 16.3 Å². The predicted octanol–water partition coefficient (Wildman–Crippen LogP) is 2.50. The molecule has 1 aromatic heterocycles. The third kappa shape index (κ3) is 2.64. The number of aryl methyl sites for hydroxylation is 1. The van der Waals surface area contributed by atoms with E-state index >= 15 is 0 Å². The van der Waals surface area contributed by atoms with Crippen LogP contribution in [0.5, 0.6) is 11.5 Å². The molecule has 8 heteroatoms. The number of benzene rings is 2. The summed E-state index contributed by atoms with van der Waals surface area (Å²) in [6.45, 7) is 0.205. The van der Waals surface area contributed by atoms with Gasteiger partial charge in [0.25, 0.3) is 5.91 Å². The highest BCUT2D eigenvalue weighted by Gasteiger charge is 2.19. The monoisotopic (exact) mass is 370 g/mol. The molecule has 0 fully saturated rings. The molecule has 0 radical (unpaired) electrons. The summed E-state index contributed by atoms with van der Waals surface area (Å²) in [5, 5.41) is 0. The van der Waals surface area contributed by atoms with Gasteiger partial charge in [0.2, 0.25) is 6.79 Å². The Morgan fingerprint density at radius 2 is 1.85 bits per heavy atom. The number of fused-ring (bicyclic) bond motifs is 2. The van der Waals surface area contributed by atoms with E-state index < -0.39 is 11.9 Å². The van der Waals surface area contributed by atoms with Gasteiger partial charge in [0.1, 0.15) is 0 Å². The quantitative estimate of drug-likeness (QED) is 0.648. The first-order valence-corrected chi connectivity index (χ1v) is 8.55. The summed E-state index contributed by atoms with van der Waals surface area (Å²) in [6.07, 6.45) is 0. The Balaban J connectivity index is 1.81. The SMILES string of the molecule is COC(=O)c1ccccc1C(=O)N=c1sc2cc3c(cc2n1C)OCO3. The summed E-state index contributed by atoms with van der Waals surface area (Å²) in [4.78, 5) is 29.2. The van der Waals surface area contributed by atoms with E-state index in [1.165, 1.54) is 18.4 Å². The smallest absolute Gasteiger partial charge is 0.338 e. The van der Waals surface area contributed by atoms with Crippen LogP contribution in [0.1, 0.15) is 20.7 Å². The van der Waals surface area contributed by atoms with Gasteiger partial charge in [-0.25, -0.2) is 4.79 Å². The molecule has 1 aliphatic heterocycles. The first kappa shape index (κ1) is 16.3. The highest BCUT2D eigenvalue weighted by molar-refractivity contribution is 7.16. The van der Waals surface area contributed by atoms with E-state index in [-0.39, 0.29) is 17.9 Å². The first-order chi connectivity index (χ1) is 12.6. The Morgan fingerprint density at radius 1 is 1.15 bits per heavy atom. The summed E-state index contributed by atoms with van der Waals surface area (Å²) >= 11 is 1.36. The molecule has 0 N–H and O–H groups in total. The topological polar surface area (TPSA) is 79.1 Å². The number of ether oxygens (including phenoxy) is 3. The first-order valence-electron chi connectivity index (χ1n) is 7.74. The van der Waals surface area contributed by atoms with Crippen LogP contribution in [0.3, 0.4) is 0 Å². The third-order valence-electron chi connectivity index (χ3n) is 4.06. The number of nitrogens with zero attached hydrogens (tertiary/aromatic N) is 2. The lowest BCUT2D eigenvalue weighted by atomic mass is 10.1. The summed E-state index contributed by atoms with van der Waals surface area (Å²) in [6, 6.07) is 10.2. The van der Waals surface area contributed by atoms with E-state index in [4.69, 9.17) is 14.2 Å². The molecule has 0 unspecified atom stereocenters. The van der Waals surface area contributed by atoms with Crippen molar-refractivity contribution in [2.24, 2.45) is 12.0 Å². The Bertz CT molecular complexity index is 1110. The average molecular weight is 370 g/mol. The second-order valence-electron chi connectivity index (χ2n) is 5.57. The zero-order valence-electron chi connectivity index (χ0n) is 14.0. The number of amides is 1. The molecule has 0 bridgehead atoms. The molecule has 2 aromatic carbocycles. The highest BCUT2D eigenvalue weighted by Crippen LogP contribution is 2.36. The van der Waals surface area contributed by atoms with Crippen molar-refractivity contribution in [3.05, 3.63) is 52.3 Å². The van der Waals surface area contributed by atoms with Gasteiger partial charge in [-0.05, 0) is 12.1 Å². The van der Waals surface area contributed by atoms with Crippen LogP contribution in [-0.4, -0.2) is 30.3 Å². The van der Waals surface area contributed by atoms with E-state index in [1.807, 2.05) is 19.2 Å². The minimum absolute atomic E-state index is 0.188. The summed E-state index contributed by atoms with van der Waals surface area (Å²) in [5.41, 5.74) is 1.27. The molecule has 0 saturated carbocycles. The molecule has 0 atom stereocenters. The van der Waals surface area contributed by atoms with Crippen LogP contribution in [0.15, 0.2) is 41.4 Å². The number of methoxy groups -OCH3 is 1. The van der Waals surface area contributed by atoms with E-state index in [9.17, 15) is 9.59 Å². The number of hydrogen-bond acceptors (Lipinski definition) is 6. The lowest BCUT2D eigenvalue weighted by Crippen LogP contribution is -2.15. The number of hydrogen-bond donors (Lipinski definition) is 0. The van der Waals surface area contributed by atoms with Crippen LogP contribution in [-0.2, 0) is 11.8 Å². The van der Waals surface area contributed by atoms with E-state index in [1.54, 1.807) is 28.8 Å². The largest absolute Gasteiger partial charge is 0.465 e. The van der Waals surface area contributed by atoms with Crippen LogP contribution >= 0.6 is 11.3 Å². The molecule has 0 spiro atoms. The number of carbonyl (C=O) groups excluding carboxylic acids is 2. The molecule has 7 nitrogen and oxygen atoms in total. The molecule has 26 heavy (non-hydrogen) atoms. The molecule has 1 aliphatic rings. The molecule has 3 aromatic rings. The van der Waals surface area contributed by atoms with Crippen LogP contribution < -0.4 is 14.3 Å². The fourth-order valence-electron chi connectivity index (χ4n) is 2.73. The lowest BCUT2D eigenvalue weighted by Gasteiger charge is -2.03. The molecular formula is C18H14N2O5S. The minimum atomic E-state index is -0.574. The maximum atomic E-state index is 12.7. The second-order valence-corrected chi connectivity index (χ2v) is 6.58. The van der Waals surface area contributed by atoms with Gasteiger partial charge in [-0.2, -0.15) is 4.99 Å². The number of carbonyl (C=O) groups is 2. The van der Waals surface area contributed by atoms with Crippen molar-refractivity contribution in [3.8, 4) is 11.5 Å². The van der Waals surface area contributed by atoms with Crippen molar-refractivity contribution in [3.63, 3.8) is 0 Å². The number of rotatable bonds is 2. The van der Waals surface area contributed by atoms with E-state index in [2.05, 4.69) is 4.99 Å². The Kier molecular flexibility index (Phi) is 3.96. The van der Waals surface area contributed by atoms with Crippen molar-refractivity contribution in [1.29, 1.82) is 0 Å². The zero-order valence-corrected chi connectivity index (χ0v) is 14.8. The van der Waals surface area contributed by atoms with Gasteiger partial charge in [-0.15, -0.1) is 0 Å². The fraction of sp³-hybridized carbons (Fsp3) is 0.167. The maximum Gasteiger partial charge on any atom is 0.338 e. The molecule has 0 saturated heterocycles. The van der Waals surface area contributed by atoms with Crippen molar-refractivity contribution < 1.29 is 23.8 Å². The van der Waals surface area contributed by atoms with Crippen molar-refractivity contribution >= 4 is 33.4 Å². The summed E-state index contributed by atoms with van der Waals surface area (Å²) in [7, 11) is 3.09. The van der Waals surface area contributed by atoms with Crippen molar-refractivity contribution in [2.45, 2.75) is 0 Å². The van der Waals surface area contributed by atoms with Crippen molar-refractivity contribution in [1.82, 2.24) is 4.57 Å². The number of aromatic nitrogens is 1. The lowest BCUT2D eigenvalue weighted by molar-refractivity contribution is 0.0597. The van der Waals surface area contributed by atoms with Crippen molar-refractivity contribution in [2.75, 3.05) is 13.9 Å². The van der Waals surface area contributed by atoms with Gasteiger partial charge in [-0.3, -0.25) is 4.79 Å². The highest BCUT2D eigenvalue weighted by atomic mass is 32.1. The van der Waals surface area contributed by atoms with Gasteiger partial charge in [-0.1, -0.05) is 23.5 Å². The summed E-state index contributed by atoms with van der Waals surface area (Å²) < 4.78 is 18.2. The zero-order chi connectivity index (χ0) is 18.3. The number of thiazole rings is 1. The van der Waals surface area contributed by atoms with Crippen LogP contribution in [0.2, 0.25) is 0 Å². The fourth-order valence-corrected chi connectivity index (χ4v) is 3.76. The molecule has 4 rings (SSSR count). The predicted molar refractivity (Wildman–Crippen MR) is 94.6 cm³/mol. The maximum absolute atomic E-state index is 12.7. The Morgan fingerprint density at radius 3 is 2.58 bits per heavy atom.